The molecule has 0 saturated heterocycles. The van der Waals surface area contributed by atoms with Crippen LogP contribution in [0.2, 0.25) is 0 Å². The van der Waals surface area contributed by atoms with Crippen LogP contribution in [0.15, 0.2) is 24.3 Å². The van der Waals surface area contributed by atoms with Crippen molar-refractivity contribution in [2.24, 2.45) is 5.92 Å². The number of halogens is 1. The molecule has 0 fully saturated rings. The molecular formula is C14H21Br. The number of benzene rings is 1. The Hall–Kier alpha value is -0.300. The molecule has 0 aliphatic carbocycles. The van der Waals surface area contributed by atoms with Crippen molar-refractivity contribution in [1.29, 1.82) is 0 Å². The van der Waals surface area contributed by atoms with Crippen molar-refractivity contribution < 1.29 is 0 Å². The maximum atomic E-state index is 3.65. The molecule has 1 aromatic rings. The van der Waals surface area contributed by atoms with Gasteiger partial charge in [0.05, 0.1) is 0 Å². The van der Waals surface area contributed by atoms with E-state index in [2.05, 4.69) is 61.0 Å². The highest BCUT2D eigenvalue weighted by molar-refractivity contribution is 9.09. The zero-order chi connectivity index (χ0) is 11.3. The van der Waals surface area contributed by atoms with E-state index in [4.69, 9.17) is 0 Å². The fraction of sp³-hybridized carbons (Fsp3) is 0.571. The minimum atomic E-state index is 0.657. The van der Waals surface area contributed by atoms with Crippen LogP contribution in [0, 0.1) is 12.8 Å². The highest BCUT2D eigenvalue weighted by atomic mass is 79.9. The van der Waals surface area contributed by atoms with E-state index in [0.717, 1.165) is 11.2 Å². The monoisotopic (exact) mass is 268 g/mol. The zero-order valence-electron chi connectivity index (χ0n) is 9.96. The number of hydrogen-bond acceptors (Lipinski definition) is 0. The normalized spacial score (nSPS) is 14.9. The van der Waals surface area contributed by atoms with Gasteiger partial charge >= 0.3 is 0 Å². The largest absolute Gasteiger partial charge is 0.0921 e. The second kappa shape index (κ2) is 6.32. The molecule has 1 rings (SSSR count). The van der Waals surface area contributed by atoms with Gasteiger partial charge in [-0.2, -0.15) is 0 Å². The van der Waals surface area contributed by atoms with Gasteiger partial charge in [0.15, 0.2) is 0 Å². The molecule has 2 atom stereocenters. The van der Waals surface area contributed by atoms with Crippen molar-refractivity contribution in [1.82, 2.24) is 0 Å². The van der Waals surface area contributed by atoms with Crippen molar-refractivity contribution in [2.75, 3.05) is 5.33 Å². The molecule has 0 saturated carbocycles. The van der Waals surface area contributed by atoms with Crippen molar-refractivity contribution in [3.63, 3.8) is 0 Å². The molecule has 0 radical (unpaired) electrons. The van der Waals surface area contributed by atoms with Crippen LogP contribution in [0.5, 0.6) is 0 Å². The van der Waals surface area contributed by atoms with E-state index in [1.54, 1.807) is 0 Å². The smallest absolute Gasteiger partial charge is 0.0103 e. The summed E-state index contributed by atoms with van der Waals surface area (Å²) in [5.41, 5.74) is 2.84. The van der Waals surface area contributed by atoms with Crippen LogP contribution >= 0.6 is 15.9 Å². The van der Waals surface area contributed by atoms with Crippen molar-refractivity contribution in [3.8, 4) is 0 Å². The van der Waals surface area contributed by atoms with Gasteiger partial charge in [-0.3, -0.25) is 0 Å². The third-order valence-electron chi connectivity index (χ3n) is 3.07. The first kappa shape index (κ1) is 12.8. The average molecular weight is 269 g/mol. The lowest BCUT2D eigenvalue weighted by molar-refractivity contribution is 0.454. The Morgan fingerprint density at radius 1 is 1.33 bits per heavy atom. The van der Waals surface area contributed by atoms with Crippen LogP contribution in [-0.4, -0.2) is 5.33 Å². The zero-order valence-corrected chi connectivity index (χ0v) is 11.5. The minimum absolute atomic E-state index is 0.657. The van der Waals surface area contributed by atoms with Crippen molar-refractivity contribution in [3.05, 3.63) is 35.4 Å². The third-order valence-corrected chi connectivity index (χ3v) is 3.76. The summed E-state index contributed by atoms with van der Waals surface area (Å²) < 4.78 is 0. The van der Waals surface area contributed by atoms with Crippen molar-refractivity contribution >= 4 is 15.9 Å². The fourth-order valence-corrected chi connectivity index (χ4v) is 3.14. The number of hydrogen-bond donors (Lipinski definition) is 0. The predicted molar refractivity (Wildman–Crippen MR) is 71.8 cm³/mol. The Morgan fingerprint density at radius 2 is 2.07 bits per heavy atom. The van der Waals surface area contributed by atoms with Gasteiger partial charge in [-0.1, -0.05) is 72.4 Å². The first-order valence-electron chi connectivity index (χ1n) is 5.81. The summed E-state index contributed by atoms with van der Waals surface area (Å²) >= 11 is 3.65. The molecule has 0 N–H and O–H groups in total. The highest BCUT2D eigenvalue weighted by Crippen LogP contribution is 2.30. The maximum absolute atomic E-state index is 3.65. The molecule has 1 aromatic carbocycles. The fourth-order valence-electron chi connectivity index (χ4n) is 2.13. The molecular weight excluding hydrogens is 248 g/mol. The lowest BCUT2D eigenvalue weighted by Gasteiger charge is -2.22. The summed E-state index contributed by atoms with van der Waals surface area (Å²) in [6.07, 6.45) is 2.58. The van der Waals surface area contributed by atoms with E-state index in [1.165, 1.54) is 24.0 Å². The molecule has 84 valence electrons. The van der Waals surface area contributed by atoms with Crippen molar-refractivity contribution in [2.45, 2.75) is 39.5 Å². The van der Waals surface area contributed by atoms with E-state index in [-0.39, 0.29) is 0 Å². The van der Waals surface area contributed by atoms with Crippen LogP contribution < -0.4 is 0 Å². The minimum Gasteiger partial charge on any atom is -0.0921 e. The second-order valence-corrected chi connectivity index (χ2v) is 5.09. The summed E-state index contributed by atoms with van der Waals surface area (Å²) in [6.45, 7) is 6.79. The Balaban J connectivity index is 2.82. The predicted octanol–water partition coefficient (Wildman–Crippen LogP) is 4.91. The van der Waals surface area contributed by atoms with Crippen LogP contribution in [0.4, 0.5) is 0 Å². The Kier molecular flexibility index (Phi) is 5.38. The summed E-state index contributed by atoms with van der Waals surface area (Å²) in [5.74, 6) is 1.42. The van der Waals surface area contributed by atoms with Gasteiger partial charge in [-0.15, -0.1) is 0 Å². The SMILES string of the molecule is CCCC(C)C(CBr)c1cccc(C)c1. The van der Waals surface area contributed by atoms with Gasteiger partial charge in [0.2, 0.25) is 0 Å². The summed E-state index contributed by atoms with van der Waals surface area (Å²) in [7, 11) is 0. The summed E-state index contributed by atoms with van der Waals surface area (Å²) in [5, 5.41) is 1.07. The van der Waals surface area contributed by atoms with Gasteiger partial charge in [-0.25, -0.2) is 0 Å². The third kappa shape index (κ3) is 3.64. The Labute approximate surface area is 102 Å². The Bertz CT molecular complexity index is 293. The lowest BCUT2D eigenvalue weighted by atomic mass is 9.85. The van der Waals surface area contributed by atoms with Gasteiger partial charge in [-0.05, 0) is 24.3 Å². The number of aryl methyl sites for hydroxylation is 1. The van der Waals surface area contributed by atoms with E-state index >= 15 is 0 Å². The molecule has 0 aliphatic rings. The first-order valence-corrected chi connectivity index (χ1v) is 6.93. The molecule has 1 heteroatoms. The maximum Gasteiger partial charge on any atom is 0.0103 e. The molecule has 0 nitrogen and oxygen atoms in total. The van der Waals surface area contributed by atoms with Crippen LogP contribution in [-0.2, 0) is 0 Å². The van der Waals surface area contributed by atoms with Gasteiger partial charge < -0.3 is 0 Å². The average Bonchev–Trinajstić information content (AvgIpc) is 2.19. The topological polar surface area (TPSA) is 0 Å². The van der Waals surface area contributed by atoms with E-state index in [1.807, 2.05) is 0 Å². The molecule has 0 aliphatic heterocycles. The number of rotatable bonds is 5. The number of alkyl halides is 1. The van der Waals surface area contributed by atoms with Crippen LogP contribution in [0.25, 0.3) is 0 Å². The summed E-state index contributed by atoms with van der Waals surface area (Å²) in [4.78, 5) is 0. The quantitative estimate of drug-likeness (QED) is 0.666. The highest BCUT2D eigenvalue weighted by Gasteiger charge is 2.17. The molecule has 0 spiro atoms. The first-order chi connectivity index (χ1) is 7.19. The molecule has 0 aromatic heterocycles. The van der Waals surface area contributed by atoms with Gasteiger partial charge in [0.1, 0.15) is 0 Å². The summed E-state index contributed by atoms with van der Waals surface area (Å²) in [6, 6.07) is 8.90. The molecule has 0 bridgehead atoms. The van der Waals surface area contributed by atoms with Gasteiger partial charge in [0, 0.05) is 5.33 Å². The van der Waals surface area contributed by atoms with Crippen LogP contribution in [0.1, 0.15) is 43.7 Å². The molecule has 0 amide bonds. The van der Waals surface area contributed by atoms with E-state index in [0.29, 0.717) is 5.92 Å². The lowest BCUT2D eigenvalue weighted by Crippen LogP contribution is -2.11. The van der Waals surface area contributed by atoms with Gasteiger partial charge in [0.25, 0.3) is 0 Å². The molecule has 2 unspecified atom stereocenters. The second-order valence-electron chi connectivity index (χ2n) is 4.44. The van der Waals surface area contributed by atoms with E-state index in [9.17, 15) is 0 Å². The Morgan fingerprint density at radius 3 is 2.60 bits per heavy atom. The molecule has 0 heterocycles. The molecule has 15 heavy (non-hydrogen) atoms. The standard InChI is InChI=1S/C14H21Br/c1-4-6-12(3)14(10-15)13-8-5-7-11(2)9-13/h5,7-9,12,14H,4,6,10H2,1-3H3. The van der Waals surface area contributed by atoms with Crippen LogP contribution in [0.3, 0.4) is 0 Å². The van der Waals surface area contributed by atoms with E-state index < -0.39 is 0 Å².